The predicted octanol–water partition coefficient (Wildman–Crippen LogP) is 1.40. The largest absolute Gasteiger partial charge is 0.380 e. The van der Waals surface area contributed by atoms with Crippen LogP contribution in [0, 0.1) is 0 Å². The normalized spacial score (nSPS) is 13.4. The van der Waals surface area contributed by atoms with Gasteiger partial charge >= 0.3 is 0 Å². The quantitative estimate of drug-likeness (QED) is 0.445. The number of ether oxygens (including phenoxy) is 3. The van der Waals surface area contributed by atoms with Crippen molar-refractivity contribution in [3.05, 3.63) is 0 Å². The van der Waals surface area contributed by atoms with Crippen molar-refractivity contribution in [2.45, 2.75) is 39.0 Å². The summed E-state index contributed by atoms with van der Waals surface area (Å²) in [5.74, 6) is 0. The van der Waals surface area contributed by atoms with E-state index in [0.29, 0.717) is 0 Å². The van der Waals surface area contributed by atoms with Crippen molar-refractivity contribution in [3.63, 3.8) is 0 Å². The summed E-state index contributed by atoms with van der Waals surface area (Å²) in [7, 11) is 3.29. The smallest absolute Gasteiger partial charge is 0.171 e. The minimum atomic E-state index is -0.194. The molecule has 4 heteroatoms. The fraction of sp³-hybridized carbons (Fsp3) is 1.00. The van der Waals surface area contributed by atoms with Gasteiger partial charge in [0, 0.05) is 27.4 Å². The molecule has 0 fully saturated rings. The Labute approximate surface area is 93.3 Å². The maximum atomic E-state index is 5.43. The van der Waals surface area contributed by atoms with E-state index in [-0.39, 0.29) is 12.3 Å². The van der Waals surface area contributed by atoms with Gasteiger partial charge in [0.05, 0.1) is 12.6 Å². The molecule has 0 saturated carbocycles. The average molecular weight is 219 g/mol. The van der Waals surface area contributed by atoms with E-state index in [1.165, 1.54) is 6.42 Å². The van der Waals surface area contributed by atoms with Crippen LogP contribution in [0.4, 0.5) is 0 Å². The lowest BCUT2D eigenvalue weighted by Gasteiger charge is -2.22. The molecule has 1 unspecified atom stereocenters. The highest BCUT2D eigenvalue weighted by Crippen LogP contribution is 1.97. The Morgan fingerprint density at radius 3 is 2.33 bits per heavy atom. The number of hydrogen-bond donors (Lipinski definition) is 1. The van der Waals surface area contributed by atoms with E-state index >= 15 is 0 Å². The summed E-state index contributed by atoms with van der Waals surface area (Å²) in [5.41, 5.74) is 0. The van der Waals surface area contributed by atoms with Crippen LogP contribution in [0.2, 0.25) is 0 Å². The van der Waals surface area contributed by atoms with Crippen molar-refractivity contribution in [2.75, 3.05) is 34.0 Å². The Kier molecular flexibility index (Phi) is 10.3. The molecular formula is C11H25NO3. The van der Waals surface area contributed by atoms with Gasteiger partial charge in [-0.25, -0.2) is 0 Å². The van der Waals surface area contributed by atoms with Gasteiger partial charge in [0.15, 0.2) is 6.29 Å². The molecule has 0 aromatic rings. The summed E-state index contributed by atoms with van der Waals surface area (Å²) >= 11 is 0. The number of hydrogen-bond acceptors (Lipinski definition) is 4. The lowest BCUT2D eigenvalue weighted by atomic mass is 10.3. The van der Waals surface area contributed by atoms with Crippen molar-refractivity contribution in [2.24, 2.45) is 0 Å². The molecule has 0 aliphatic rings. The third kappa shape index (κ3) is 7.73. The van der Waals surface area contributed by atoms with E-state index in [4.69, 9.17) is 14.2 Å². The molecule has 92 valence electrons. The van der Waals surface area contributed by atoms with Crippen molar-refractivity contribution < 1.29 is 14.2 Å². The van der Waals surface area contributed by atoms with Gasteiger partial charge in [-0.2, -0.15) is 0 Å². The predicted molar refractivity (Wildman–Crippen MR) is 61.0 cm³/mol. The number of unbranched alkanes of at least 4 members (excludes halogenated alkanes) is 1. The van der Waals surface area contributed by atoms with Gasteiger partial charge in [-0.3, -0.25) is 0 Å². The second-order valence-electron chi connectivity index (χ2n) is 3.55. The van der Waals surface area contributed by atoms with Crippen LogP contribution in [0.25, 0.3) is 0 Å². The van der Waals surface area contributed by atoms with Gasteiger partial charge in [-0.05, 0) is 13.3 Å². The first-order valence-electron chi connectivity index (χ1n) is 5.63. The average Bonchev–Trinajstić information content (AvgIpc) is 2.25. The molecule has 0 aromatic heterocycles. The summed E-state index contributed by atoms with van der Waals surface area (Å²) in [4.78, 5) is 0. The fourth-order valence-corrected chi connectivity index (χ4v) is 1.31. The Bertz CT molecular complexity index is 129. The third-order valence-corrected chi connectivity index (χ3v) is 2.23. The number of methoxy groups -OCH3 is 2. The molecule has 0 aromatic carbocycles. The monoisotopic (exact) mass is 219 g/mol. The summed E-state index contributed by atoms with van der Waals surface area (Å²) in [6, 6.07) is 0.176. The molecule has 0 spiro atoms. The highest BCUT2D eigenvalue weighted by molar-refractivity contribution is 4.63. The molecule has 0 bridgehead atoms. The molecule has 1 atom stereocenters. The highest BCUT2D eigenvalue weighted by Gasteiger charge is 2.13. The van der Waals surface area contributed by atoms with E-state index in [0.717, 1.165) is 26.2 Å². The van der Waals surface area contributed by atoms with Crippen LogP contribution in [0.5, 0.6) is 0 Å². The molecule has 0 rings (SSSR count). The summed E-state index contributed by atoms with van der Waals surface area (Å²) in [6.07, 6.45) is 2.12. The second-order valence-corrected chi connectivity index (χ2v) is 3.55. The topological polar surface area (TPSA) is 39.7 Å². The zero-order chi connectivity index (χ0) is 11.5. The number of nitrogens with one attached hydrogen (secondary N) is 1. The first-order valence-corrected chi connectivity index (χ1v) is 5.63. The summed E-state index contributed by atoms with van der Waals surface area (Å²) in [5, 5.41) is 3.29. The molecule has 0 saturated heterocycles. The van der Waals surface area contributed by atoms with E-state index in [2.05, 4.69) is 12.2 Å². The van der Waals surface area contributed by atoms with Crippen molar-refractivity contribution in [1.82, 2.24) is 5.32 Å². The van der Waals surface area contributed by atoms with Crippen LogP contribution in [-0.4, -0.2) is 46.3 Å². The SMILES string of the molecule is CCCCOCCNC(C)C(OC)OC. The van der Waals surface area contributed by atoms with Crippen LogP contribution in [0.3, 0.4) is 0 Å². The molecule has 4 nitrogen and oxygen atoms in total. The van der Waals surface area contributed by atoms with Crippen molar-refractivity contribution in [1.29, 1.82) is 0 Å². The molecule has 0 amide bonds. The molecule has 0 heterocycles. The second kappa shape index (κ2) is 10.4. The van der Waals surface area contributed by atoms with Crippen LogP contribution in [-0.2, 0) is 14.2 Å². The van der Waals surface area contributed by atoms with Gasteiger partial charge in [0.1, 0.15) is 0 Å². The van der Waals surface area contributed by atoms with Crippen LogP contribution < -0.4 is 5.32 Å². The van der Waals surface area contributed by atoms with Crippen molar-refractivity contribution >= 4 is 0 Å². The summed E-state index contributed by atoms with van der Waals surface area (Å²) in [6.45, 7) is 6.61. The molecule has 0 aliphatic carbocycles. The van der Waals surface area contributed by atoms with Gasteiger partial charge in [0.2, 0.25) is 0 Å². The van der Waals surface area contributed by atoms with E-state index in [9.17, 15) is 0 Å². The first kappa shape index (κ1) is 14.8. The Hall–Kier alpha value is -0.160. The number of rotatable bonds is 10. The standard InChI is InChI=1S/C11H25NO3/c1-5-6-8-15-9-7-12-10(2)11(13-3)14-4/h10-12H,5-9H2,1-4H3. The molecule has 15 heavy (non-hydrogen) atoms. The van der Waals surface area contributed by atoms with E-state index in [1.54, 1.807) is 14.2 Å². The lowest BCUT2D eigenvalue weighted by molar-refractivity contribution is -0.119. The highest BCUT2D eigenvalue weighted by atomic mass is 16.7. The van der Waals surface area contributed by atoms with Gasteiger partial charge in [-0.15, -0.1) is 0 Å². The molecule has 0 radical (unpaired) electrons. The Morgan fingerprint density at radius 1 is 1.13 bits per heavy atom. The fourth-order valence-electron chi connectivity index (χ4n) is 1.31. The van der Waals surface area contributed by atoms with Crippen molar-refractivity contribution in [3.8, 4) is 0 Å². The summed E-state index contributed by atoms with van der Waals surface area (Å²) < 4.78 is 15.7. The maximum absolute atomic E-state index is 5.43. The van der Waals surface area contributed by atoms with Crippen LogP contribution in [0.15, 0.2) is 0 Å². The molecular weight excluding hydrogens is 194 g/mol. The molecule has 1 N–H and O–H groups in total. The third-order valence-electron chi connectivity index (χ3n) is 2.23. The van der Waals surface area contributed by atoms with E-state index in [1.807, 2.05) is 6.92 Å². The van der Waals surface area contributed by atoms with Gasteiger partial charge in [-0.1, -0.05) is 13.3 Å². The van der Waals surface area contributed by atoms with Crippen LogP contribution >= 0.6 is 0 Å². The zero-order valence-electron chi connectivity index (χ0n) is 10.4. The minimum absolute atomic E-state index is 0.176. The molecule has 0 aliphatic heterocycles. The first-order chi connectivity index (χ1) is 7.26. The van der Waals surface area contributed by atoms with Gasteiger partial charge in [0.25, 0.3) is 0 Å². The Balaban J connectivity index is 3.33. The van der Waals surface area contributed by atoms with E-state index < -0.39 is 0 Å². The van der Waals surface area contributed by atoms with Gasteiger partial charge < -0.3 is 19.5 Å². The zero-order valence-corrected chi connectivity index (χ0v) is 10.4. The Morgan fingerprint density at radius 2 is 1.80 bits per heavy atom. The minimum Gasteiger partial charge on any atom is -0.380 e. The van der Waals surface area contributed by atoms with Crippen LogP contribution in [0.1, 0.15) is 26.7 Å². The lowest BCUT2D eigenvalue weighted by Crippen LogP contribution is -2.41. The maximum Gasteiger partial charge on any atom is 0.171 e.